The van der Waals surface area contributed by atoms with Gasteiger partial charge in [0.25, 0.3) is 0 Å². The van der Waals surface area contributed by atoms with E-state index in [1.807, 2.05) is 0 Å². The Labute approximate surface area is 104 Å². The molecule has 0 aliphatic carbocycles. The highest BCUT2D eigenvalue weighted by Gasteiger charge is 2.39. The number of aryl methyl sites for hydroxylation is 1. The van der Waals surface area contributed by atoms with E-state index < -0.39 is 38.7 Å². The van der Waals surface area contributed by atoms with E-state index in [1.165, 1.54) is 6.92 Å². The molecule has 1 aliphatic rings. The predicted molar refractivity (Wildman–Crippen MR) is 59.9 cm³/mol. The third-order valence-corrected chi connectivity index (χ3v) is 2.46. The number of nitrogens with one attached hydrogen (secondary N) is 1. The fourth-order valence-corrected chi connectivity index (χ4v) is 1.72. The molecular formula is C9H5N4O6. The summed E-state index contributed by atoms with van der Waals surface area (Å²) >= 11 is 0. The lowest BCUT2D eigenvalue weighted by molar-refractivity contribution is -0.422. The minimum atomic E-state index is -1.24. The molecule has 0 atom stereocenters. The van der Waals surface area contributed by atoms with Crippen LogP contribution >= 0.6 is 0 Å². The van der Waals surface area contributed by atoms with Crippen molar-refractivity contribution in [1.82, 2.24) is 5.32 Å². The number of benzene rings is 1. The number of amides is 2. The highest BCUT2D eigenvalue weighted by atomic mass is 16.6. The second kappa shape index (κ2) is 4.01. The summed E-state index contributed by atoms with van der Waals surface area (Å²) < 4.78 is 0. The van der Waals surface area contributed by atoms with Crippen LogP contribution in [0.25, 0.3) is 0 Å². The fourth-order valence-electron chi connectivity index (χ4n) is 1.72. The lowest BCUT2D eigenvalue weighted by Crippen LogP contribution is -2.33. The molecule has 1 aromatic rings. The molecule has 1 N–H and O–H groups in total. The van der Waals surface area contributed by atoms with Crippen LogP contribution < -0.4 is 10.6 Å². The minimum Gasteiger partial charge on any atom is -0.316 e. The Bertz CT molecular complexity index is 653. The van der Waals surface area contributed by atoms with Crippen molar-refractivity contribution >= 4 is 34.6 Å². The van der Waals surface area contributed by atoms with Gasteiger partial charge in [-0.25, -0.2) is 0 Å². The molecule has 19 heavy (non-hydrogen) atoms. The van der Waals surface area contributed by atoms with Gasteiger partial charge in [-0.05, 0) is 13.0 Å². The van der Waals surface area contributed by atoms with Crippen molar-refractivity contribution in [3.63, 3.8) is 0 Å². The fraction of sp³-hybridized carbons (Fsp3) is 0.111. The molecule has 1 aromatic carbocycles. The van der Waals surface area contributed by atoms with Crippen molar-refractivity contribution in [2.75, 3.05) is 5.32 Å². The first-order chi connectivity index (χ1) is 8.82. The number of carbonyl (C=O) groups is 2. The van der Waals surface area contributed by atoms with Crippen molar-refractivity contribution in [1.29, 1.82) is 0 Å². The van der Waals surface area contributed by atoms with Gasteiger partial charge >= 0.3 is 23.2 Å². The summed E-state index contributed by atoms with van der Waals surface area (Å²) in [5.41, 5.74) is -2.28. The summed E-state index contributed by atoms with van der Waals surface area (Å²) in [5, 5.41) is 27.2. The summed E-state index contributed by atoms with van der Waals surface area (Å²) in [6.45, 7) is 1.29. The first kappa shape index (κ1) is 12.4. The number of anilines is 1. The van der Waals surface area contributed by atoms with E-state index in [-0.39, 0.29) is 11.3 Å². The lowest BCUT2D eigenvalue weighted by atomic mass is 10.1. The third kappa shape index (κ3) is 1.84. The average Bonchev–Trinajstić information content (AvgIpc) is 2.29. The molecular weight excluding hydrogens is 260 g/mol. The van der Waals surface area contributed by atoms with Gasteiger partial charge in [-0.15, -0.1) is 0 Å². The van der Waals surface area contributed by atoms with Gasteiger partial charge in [0.2, 0.25) is 0 Å². The van der Waals surface area contributed by atoms with Crippen molar-refractivity contribution in [3.05, 3.63) is 31.9 Å². The average molecular weight is 265 g/mol. The van der Waals surface area contributed by atoms with Crippen LogP contribution in [-0.4, -0.2) is 21.7 Å². The molecule has 0 unspecified atom stereocenters. The third-order valence-electron chi connectivity index (χ3n) is 2.46. The van der Waals surface area contributed by atoms with Crippen molar-refractivity contribution < 1.29 is 19.4 Å². The Balaban J connectivity index is 2.80. The summed E-state index contributed by atoms with van der Waals surface area (Å²) in [5.74, 6) is -2.29. The van der Waals surface area contributed by atoms with Crippen LogP contribution in [0, 0.1) is 27.2 Å². The van der Waals surface area contributed by atoms with Crippen LogP contribution in [0.5, 0.6) is 0 Å². The van der Waals surface area contributed by atoms with E-state index in [0.717, 1.165) is 6.07 Å². The number of nitro groups is 2. The topological polar surface area (TPSA) is 147 Å². The Morgan fingerprint density at radius 3 is 2.26 bits per heavy atom. The quantitative estimate of drug-likeness (QED) is 0.468. The molecule has 0 bridgehead atoms. The standard InChI is InChI=1S/C9H5N4O6/c1-3-2-4-5(11-9(15)8(14)10-4)7(13(18)19)6(3)12(16)17/h2H,1H3,(H,10,14). The number of hydrogen-bond acceptors (Lipinski definition) is 6. The first-order valence-corrected chi connectivity index (χ1v) is 4.86. The molecule has 0 spiro atoms. The van der Waals surface area contributed by atoms with Gasteiger partial charge in [-0.3, -0.25) is 29.8 Å². The Morgan fingerprint density at radius 1 is 1.16 bits per heavy atom. The number of carbonyl (C=O) groups excluding carboxylic acids is 2. The Kier molecular flexibility index (Phi) is 2.62. The monoisotopic (exact) mass is 265 g/mol. The molecule has 0 fully saturated rings. The van der Waals surface area contributed by atoms with Gasteiger partial charge in [0.15, 0.2) is 5.69 Å². The molecule has 0 saturated carbocycles. The molecule has 2 amide bonds. The highest BCUT2D eigenvalue weighted by Crippen LogP contribution is 2.43. The Hall–Kier alpha value is -3.04. The summed E-state index contributed by atoms with van der Waals surface area (Å²) in [6.07, 6.45) is 0. The van der Waals surface area contributed by atoms with E-state index >= 15 is 0 Å². The van der Waals surface area contributed by atoms with Crippen LogP contribution in [0.15, 0.2) is 6.07 Å². The molecule has 10 nitrogen and oxygen atoms in total. The maximum absolute atomic E-state index is 11.1. The molecule has 97 valence electrons. The number of rotatable bonds is 2. The molecule has 1 aliphatic heterocycles. The number of hydrogen-bond donors (Lipinski definition) is 1. The van der Waals surface area contributed by atoms with Crippen molar-refractivity contribution in [3.8, 4) is 0 Å². The van der Waals surface area contributed by atoms with Crippen LogP contribution in [0.3, 0.4) is 0 Å². The zero-order chi connectivity index (χ0) is 14.3. The van der Waals surface area contributed by atoms with E-state index in [0.29, 0.717) is 0 Å². The van der Waals surface area contributed by atoms with Gasteiger partial charge in [0, 0.05) is 5.56 Å². The second-order valence-electron chi connectivity index (χ2n) is 3.67. The molecule has 0 aromatic heterocycles. The minimum absolute atomic E-state index is 0.0136. The van der Waals surface area contributed by atoms with Gasteiger partial charge < -0.3 is 5.32 Å². The lowest BCUT2D eigenvalue weighted by Gasteiger charge is -2.15. The van der Waals surface area contributed by atoms with Crippen LogP contribution in [0.4, 0.5) is 22.7 Å². The van der Waals surface area contributed by atoms with Crippen molar-refractivity contribution in [2.24, 2.45) is 0 Å². The summed E-state index contributed by atoms with van der Waals surface area (Å²) in [4.78, 5) is 42.1. The van der Waals surface area contributed by atoms with Gasteiger partial charge in [-0.2, -0.15) is 5.32 Å². The number of nitro benzene ring substituents is 2. The highest BCUT2D eigenvalue weighted by molar-refractivity contribution is 6.42. The van der Waals surface area contributed by atoms with Crippen LogP contribution in [0.1, 0.15) is 5.56 Å². The maximum atomic E-state index is 11.1. The zero-order valence-electron chi connectivity index (χ0n) is 9.37. The Morgan fingerprint density at radius 2 is 1.74 bits per heavy atom. The van der Waals surface area contributed by atoms with E-state index in [1.54, 1.807) is 0 Å². The molecule has 10 heteroatoms. The SMILES string of the molecule is Cc1cc2c(c([N+](=O)[O-])c1[N+](=O)[O-])[N]C(=O)C(=O)N2. The summed E-state index contributed by atoms with van der Waals surface area (Å²) in [7, 11) is 0. The molecule has 2 rings (SSSR count). The normalized spacial score (nSPS) is 13.3. The zero-order valence-corrected chi connectivity index (χ0v) is 9.37. The first-order valence-electron chi connectivity index (χ1n) is 4.86. The van der Waals surface area contributed by atoms with Gasteiger partial charge in [0.1, 0.15) is 0 Å². The van der Waals surface area contributed by atoms with Gasteiger partial charge in [-0.1, -0.05) is 0 Å². The molecule has 0 saturated heterocycles. The molecule has 1 radical (unpaired) electrons. The van der Waals surface area contributed by atoms with Crippen LogP contribution in [0.2, 0.25) is 0 Å². The summed E-state index contributed by atoms with van der Waals surface area (Å²) in [6, 6.07) is 1.16. The molecule has 1 heterocycles. The van der Waals surface area contributed by atoms with Crippen molar-refractivity contribution in [2.45, 2.75) is 6.92 Å². The van der Waals surface area contributed by atoms with Gasteiger partial charge in [0.05, 0.1) is 15.5 Å². The number of fused-ring (bicyclic) bond motifs is 1. The van der Waals surface area contributed by atoms with E-state index in [4.69, 9.17) is 0 Å². The van der Waals surface area contributed by atoms with E-state index in [2.05, 4.69) is 10.6 Å². The largest absolute Gasteiger partial charge is 0.373 e. The van der Waals surface area contributed by atoms with Crippen LogP contribution in [-0.2, 0) is 9.59 Å². The smallest absolute Gasteiger partial charge is 0.316 e. The maximum Gasteiger partial charge on any atom is 0.373 e. The van der Waals surface area contributed by atoms with E-state index in [9.17, 15) is 29.8 Å². The second-order valence-corrected chi connectivity index (χ2v) is 3.67. The number of nitrogens with zero attached hydrogens (tertiary/aromatic N) is 3. The predicted octanol–water partition coefficient (Wildman–Crippen LogP) is 0.526.